The van der Waals surface area contributed by atoms with Gasteiger partial charge in [-0.05, 0) is 0 Å². The van der Waals surface area contributed by atoms with Crippen LogP contribution >= 0.6 is 0 Å². The Morgan fingerprint density at radius 3 is 2.43 bits per heavy atom. The minimum absolute atomic E-state index is 0.202. The van der Waals surface area contributed by atoms with Gasteiger partial charge in [0, 0.05) is 4.11 Å². The molecule has 0 saturated heterocycles. The molecule has 7 rings (SSSR count). The van der Waals surface area contributed by atoms with Crippen molar-refractivity contribution >= 4 is 51.0 Å². The number of benzene rings is 4. The van der Waals surface area contributed by atoms with Gasteiger partial charge in [0.15, 0.2) is 0 Å². The summed E-state index contributed by atoms with van der Waals surface area (Å²) in [6.07, 6.45) is 5.29. The summed E-state index contributed by atoms with van der Waals surface area (Å²) in [7, 11) is 0. The molecule has 2 aliphatic rings. The minimum atomic E-state index is -2.18. The summed E-state index contributed by atoms with van der Waals surface area (Å²) < 4.78 is 32.2. The first-order valence-corrected chi connectivity index (χ1v) is 16.2. The van der Waals surface area contributed by atoms with E-state index < -0.39 is 27.9 Å². The van der Waals surface area contributed by atoms with Gasteiger partial charge in [-0.15, -0.1) is 0 Å². The maximum atomic E-state index is 7.71. The van der Waals surface area contributed by atoms with Crippen LogP contribution in [0.3, 0.4) is 0 Å². The summed E-state index contributed by atoms with van der Waals surface area (Å²) in [5.41, 5.74) is 5.35. The van der Waals surface area contributed by atoms with Crippen LogP contribution in [0.2, 0.25) is 0 Å². The van der Waals surface area contributed by atoms with Gasteiger partial charge in [-0.1, -0.05) is 0 Å². The molecule has 2 aliphatic heterocycles. The first kappa shape index (κ1) is 23.3. The fourth-order valence-electron chi connectivity index (χ4n) is 5.44. The molecule has 0 bridgehead atoms. The van der Waals surface area contributed by atoms with Crippen LogP contribution in [-0.2, 0) is 5.41 Å². The number of hydrogen-bond donors (Lipinski definition) is 0. The summed E-state index contributed by atoms with van der Waals surface area (Å²) in [5.74, 6) is 2.28. The number of fused-ring (bicyclic) bond motifs is 2. The summed E-state index contributed by atoms with van der Waals surface area (Å²) >= 11 is -0.622. The Morgan fingerprint density at radius 2 is 1.57 bits per heavy atom. The van der Waals surface area contributed by atoms with Crippen molar-refractivity contribution in [2.75, 3.05) is 23.4 Å². The molecule has 0 fully saturated rings. The van der Waals surface area contributed by atoms with Gasteiger partial charge >= 0.3 is 259 Å². The number of aromatic nitrogens is 1. The molecular weight excluding hydrogens is 632 g/mol. The molecule has 4 aromatic carbocycles. The zero-order chi connectivity index (χ0) is 31.2. The van der Waals surface area contributed by atoms with Crippen LogP contribution in [0.25, 0.3) is 0 Å². The van der Waals surface area contributed by atoms with E-state index in [0.717, 1.165) is 28.6 Å². The molecule has 5 nitrogen and oxygen atoms in total. The standard InChI is InChI=1S/C36H32N4OTe/c1-36(2,26-10-5-4-6-11-26)27-18-19-37-35(22-27)40-31-14-7-8-15-33(31)42-34-17-16-30(24-32(34)40)41-29-13-9-12-28(23-29)39-21-20-38(3)25-39/h4-24H,25H2,1-3H3/i3D3. The quantitative estimate of drug-likeness (QED) is 0.182. The second-order valence-corrected chi connectivity index (χ2v) is 14.0. The van der Waals surface area contributed by atoms with Gasteiger partial charge in [0.05, 0.1) is 0 Å². The molecule has 1 aromatic heterocycles. The molecule has 5 aromatic rings. The molecule has 0 saturated carbocycles. The SMILES string of the molecule is [2H]C([2H])([2H])N1C=CN(c2cccc(Oc3ccc4c(c3)N(c3cc(C(C)(C)c5ccccc5)ccn3)c3ccccc3[Te]4)c2)C1. The third kappa shape index (κ3) is 5.02. The summed E-state index contributed by atoms with van der Waals surface area (Å²) in [5, 5.41) is 0. The van der Waals surface area contributed by atoms with E-state index in [0.29, 0.717) is 5.75 Å². The van der Waals surface area contributed by atoms with E-state index in [2.05, 4.69) is 97.6 Å². The normalized spacial score (nSPS) is 15.5. The number of pyridine rings is 1. The molecule has 0 atom stereocenters. The monoisotopic (exact) mass is 669 g/mol. The number of ether oxygens (including phenoxy) is 1. The van der Waals surface area contributed by atoms with Crippen LogP contribution in [0.4, 0.5) is 22.9 Å². The van der Waals surface area contributed by atoms with Gasteiger partial charge in [-0.2, -0.15) is 0 Å². The Hall–Kier alpha value is -4.24. The Bertz CT molecular complexity index is 1890. The average molecular weight is 667 g/mol. The van der Waals surface area contributed by atoms with Gasteiger partial charge < -0.3 is 0 Å². The van der Waals surface area contributed by atoms with Crippen LogP contribution in [0.5, 0.6) is 11.5 Å². The van der Waals surface area contributed by atoms with E-state index >= 15 is 0 Å². The molecule has 0 unspecified atom stereocenters. The van der Waals surface area contributed by atoms with Crippen LogP contribution < -0.4 is 21.8 Å². The molecule has 208 valence electrons. The molecule has 0 N–H and O–H groups in total. The van der Waals surface area contributed by atoms with E-state index in [4.69, 9.17) is 13.8 Å². The van der Waals surface area contributed by atoms with Crippen molar-refractivity contribution in [2.45, 2.75) is 19.3 Å². The van der Waals surface area contributed by atoms with Crippen molar-refractivity contribution in [3.8, 4) is 11.5 Å². The van der Waals surface area contributed by atoms with Crippen molar-refractivity contribution in [1.29, 1.82) is 0 Å². The van der Waals surface area contributed by atoms with E-state index in [9.17, 15) is 0 Å². The second-order valence-electron chi connectivity index (χ2n) is 10.9. The molecule has 0 amide bonds. The van der Waals surface area contributed by atoms with Crippen LogP contribution in [0.1, 0.15) is 29.1 Å². The Labute approximate surface area is 262 Å². The zero-order valence-corrected chi connectivity index (χ0v) is 25.8. The van der Waals surface area contributed by atoms with Crippen molar-refractivity contribution < 1.29 is 8.85 Å². The number of anilines is 4. The van der Waals surface area contributed by atoms with E-state index in [-0.39, 0.29) is 12.1 Å². The van der Waals surface area contributed by atoms with Crippen LogP contribution in [0, 0.1) is 0 Å². The predicted molar refractivity (Wildman–Crippen MR) is 173 cm³/mol. The topological polar surface area (TPSA) is 31.8 Å². The van der Waals surface area contributed by atoms with Gasteiger partial charge in [-0.3, -0.25) is 0 Å². The maximum absolute atomic E-state index is 7.71. The van der Waals surface area contributed by atoms with E-state index in [1.165, 1.54) is 23.2 Å². The summed E-state index contributed by atoms with van der Waals surface area (Å²) in [6.45, 7) is 2.59. The fourth-order valence-corrected chi connectivity index (χ4v) is 8.41. The summed E-state index contributed by atoms with van der Waals surface area (Å²) in [4.78, 5) is 10.4. The van der Waals surface area contributed by atoms with Gasteiger partial charge in [0.25, 0.3) is 0 Å². The molecule has 3 heterocycles. The first-order chi connectivity index (χ1) is 21.7. The number of para-hydroxylation sites is 1. The number of rotatable bonds is 6. The van der Waals surface area contributed by atoms with E-state index in [1.807, 2.05) is 41.4 Å². The first-order valence-electron chi connectivity index (χ1n) is 15.4. The van der Waals surface area contributed by atoms with Gasteiger partial charge in [0.2, 0.25) is 0 Å². The van der Waals surface area contributed by atoms with Crippen LogP contribution in [-0.4, -0.2) is 44.5 Å². The Kier molecular flexibility index (Phi) is 6.04. The Balaban J connectivity index is 1.22. The van der Waals surface area contributed by atoms with Gasteiger partial charge in [-0.25, -0.2) is 0 Å². The molecule has 6 heteroatoms. The third-order valence-corrected chi connectivity index (χ3v) is 11.0. The summed E-state index contributed by atoms with van der Waals surface area (Å²) in [6, 6.07) is 37.6. The predicted octanol–water partition coefficient (Wildman–Crippen LogP) is 6.82. The average Bonchev–Trinajstić information content (AvgIpc) is 3.56. The number of hydrogen-bond acceptors (Lipinski definition) is 5. The van der Waals surface area contributed by atoms with E-state index in [1.54, 1.807) is 12.4 Å². The molecule has 42 heavy (non-hydrogen) atoms. The Morgan fingerprint density at radius 1 is 0.762 bits per heavy atom. The van der Waals surface area contributed by atoms with Crippen LogP contribution in [0.15, 0.2) is 128 Å². The van der Waals surface area contributed by atoms with Crippen molar-refractivity contribution in [1.82, 2.24) is 9.88 Å². The molecule has 0 aliphatic carbocycles. The molecule has 0 spiro atoms. The third-order valence-electron chi connectivity index (χ3n) is 7.81. The number of nitrogens with zero attached hydrogens (tertiary/aromatic N) is 4. The zero-order valence-electron chi connectivity index (χ0n) is 26.4. The molecular formula is C36H32N4OTe. The van der Waals surface area contributed by atoms with Crippen molar-refractivity contribution in [3.05, 3.63) is 139 Å². The second kappa shape index (κ2) is 10.9. The van der Waals surface area contributed by atoms with Crippen molar-refractivity contribution in [3.63, 3.8) is 0 Å². The van der Waals surface area contributed by atoms with Gasteiger partial charge in [0.1, 0.15) is 0 Å². The van der Waals surface area contributed by atoms with Crippen molar-refractivity contribution in [2.24, 2.45) is 0 Å². The molecule has 0 radical (unpaired) electrons. The fraction of sp³-hybridized carbons (Fsp3) is 0.139.